The predicted octanol–water partition coefficient (Wildman–Crippen LogP) is 1.83. The molecule has 0 saturated carbocycles. The highest BCUT2D eigenvalue weighted by Gasteiger charge is 2.26. The van der Waals surface area contributed by atoms with Crippen LogP contribution in [0, 0.1) is 0 Å². The third-order valence-corrected chi connectivity index (χ3v) is 4.07. The maximum atomic E-state index is 12.5. The maximum Gasteiger partial charge on any atom is 0.255 e. The van der Waals surface area contributed by atoms with Crippen molar-refractivity contribution in [1.82, 2.24) is 10.6 Å². The molecule has 1 fully saturated rings. The molecule has 2 aromatic carbocycles. The van der Waals surface area contributed by atoms with E-state index in [0.717, 1.165) is 11.3 Å². The van der Waals surface area contributed by atoms with Gasteiger partial charge >= 0.3 is 0 Å². The topological polar surface area (TPSA) is 87.3 Å². The van der Waals surface area contributed by atoms with Crippen LogP contribution in [0.5, 0.6) is 0 Å². The molecule has 0 bridgehead atoms. The number of carbonyl (C=O) groups excluding carboxylic acids is 3. The van der Waals surface area contributed by atoms with E-state index in [0.29, 0.717) is 24.9 Å². The molecule has 25 heavy (non-hydrogen) atoms. The Morgan fingerprint density at radius 3 is 2.52 bits per heavy atom. The van der Waals surface area contributed by atoms with E-state index >= 15 is 0 Å². The summed E-state index contributed by atoms with van der Waals surface area (Å²) in [7, 11) is 0. The van der Waals surface area contributed by atoms with E-state index in [2.05, 4.69) is 16.0 Å². The molecule has 0 aliphatic carbocycles. The van der Waals surface area contributed by atoms with Gasteiger partial charge in [-0.2, -0.15) is 0 Å². The van der Waals surface area contributed by atoms with Gasteiger partial charge in [0.1, 0.15) is 0 Å². The van der Waals surface area contributed by atoms with Crippen molar-refractivity contribution in [2.24, 2.45) is 0 Å². The Morgan fingerprint density at radius 2 is 1.76 bits per heavy atom. The minimum Gasteiger partial charge on any atom is -0.322 e. The van der Waals surface area contributed by atoms with Gasteiger partial charge in [0.25, 0.3) is 5.91 Å². The van der Waals surface area contributed by atoms with Crippen molar-refractivity contribution < 1.29 is 14.4 Å². The number of rotatable bonds is 5. The number of para-hydroxylation sites is 1. The lowest BCUT2D eigenvalue weighted by molar-refractivity contribution is -0.134. The molecular weight excluding hydrogens is 318 g/mol. The molecule has 3 amide bonds. The first-order valence-corrected chi connectivity index (χ1v) is 8.15. The van der Waals surface area contributed by atoms with Crippen LogP contribution in [0.1, 0.15) is 28.8 Å². The van der Waals surface area contributed by atoms with E-state index in [1.54, 1.807) is 12.1 Å². The van der Waals surface area contributed by atoms with Gasteiger partial charge in [-0.3, -0.25) is 19.7 Å². The van der Waals surface area contributed by atoms with Gasteiger partial charge in [-0.15, -0.1) is 0 Å². The van der Waals surface area contributed by atoms with Gasteiger partial charge < -0.3 is 10.6 Å². The van der Waals surface area contributed by atoms with Crippen LogP contribution in [0.2, 0.25) is 0 Å². The smallest absolute Gasteiger partial charge is 0.255 e. The molecule has 0 radical (unpaired) electrons. The van der Waals surface area contributed by atoms with E-state index in [4.69, 9.17) is 0 Å². The van der Waals surface area contributed by atoms with Gasteiger partial charge in [0.15, 0.2) is 0 Å². The van der Waals surface area contributed by atoms with E-state index in [1.807, 2.05) is 42.5 Å². The predicted molar refractivity (Wildman–Crippen MR) is 93.8 cm³/mol. The molecule has 3 rings (SSSR count). The van der Waals surface area contributed by atoms with Crippen molar-refractivity contribution in [3.05, 3.63) is 65.7 Å². The molecule has 1 aliphatic heterocycles. The minimum atomic E-state index is -0.428. The van der Waals surface area contributed by atoms with Gasteiger partial charge in [-0.1, -0.05) is 36.4 Å². The Bertz CT molecular complexity index is 790. The van der Waals surface area contributed by atoms with E-state index < -0.39 is 6.04 Å². The summed E-state index contributed by atoms with van der Waals surface area (Å²) >= 11 is 0. The maximum absolute atomic E-state index is 12.5. The second kappa shape index (κ2) is 7.72. The Labute approximate surface area is 145 Å². The molecule has 1 atom stereocenters. The van der Waals surface area contributed by atoms with E-state index in [1.165, 1.54) is 0 Å². The molecular formula is C19H19N3O3. The summed E-state index contributed by atoms with van der Waals surface area (Å²) in [5, 5.41) is 8.30. The van der Waals surface area contributed by atoms with Crippen molar-refractivity contribution in [2.75, 3.05) is 5.32 Å². The summed E-state index contributed by atoms with van der Waals surface area (Å²) in [5.74, 6) is -0.764. The number of benzene rings is 2. The highest BCUT2D eigenvalue weighted by molar-refractivity contribution is 6.05. The van der Waals surface area contributed by atoms with Crippen molar-refractivity contribution in [1.29, 1.82) is 0 Å². The number of hydrogen-bond donors (Lipinski definition) is 3. The molecule has 0 spiro atoms. The first kappa shape index (κ1) is 16.9. The van der Waals surface area contributed by atoms with Crippen LogP contribution in [0.3, 0.4) is 0 Å². The summed E-state index contributed by atoms with van der Waals surface area (Å²) in [4.78, 5) is 35.5. The SMILES string of the molecule is O=C1CCC(NCc2ccccc2C(=O)Nc2ccccc2)C(=O)N1. The average molecular weight is 337 g/mol. The largest absolute Gasteiger partial charge is 0.322 e. The minimum absolute atomic E-state index is 0.202. The van der Waals surface area contributed by atoms with Crippen LogP contribution in [-0.4, -0.2) is 23.8 Å². The average Bonchev–Trinajstić information content (AvgIpc) is 2.62. The lowest BCUT2D eigenvalue weighted by atomic mass is 10.0. The van der Waals surface area contributed by atoms with Crippen LogP contribution in [0.4, 0.5) is 5.69 Å². The van der Waals surface area contributed by atoms with Crippen molar-refractivity contribution in [2.45, 2.75) is 25.4 Å². The molecule has 1 unspecified atom stereocenters. The summed E-state index contributed by atoms with van der Waals surface area (Å²) in [6.07, 6.45) is 0.780. The fraction of sp³-hybridized carbons (Fsp3) is 0.211. The Balaban J connectivity index is 1.67. The van der Waals surface area contributed by atoms with E-state index in [9.17, 15) is 14.4 Å². The van der Waals surface area contributed by atoms with Crippen molar-refractivity contribution in [3.8, 4) is 0 Å². The molecule has 0 aromatic heterocycles. The van der Waals surface area contributed by atoms with Gasteiger partial charge in [0, 0.05) is 24.2 Å². The van der Waals surface area contributed by atoms with Crippen LogP contribution in [-0.2, 0) is 16.1 Å². The molecule has 128 valence electrons. The Kier molecular flexibility index (Phi) is 5.20. The Morgan fingerprint density at radius 1 is 1.04 bits per heavy atom. The normalized spacial score (nSPS) is 17.0. The third-order valence-electron chi connectivity index (χ3n) is 4.07. The Hall–Kier alpha value is -2.99. The standard InChI is InChI=1S/C19H19N3O3/c23-17-11-10-16(19(25)22-17)20-12-13-6-4-5-9-15(13)18(24)21-14-7-2-1-3-8-14/h1-9,16,20H,10-12H2,(H,21,24)(H,22,23,25). The lowest BCUT2D eigenvalue weighted by Gasteiger charge is -2.22. The fourth-order valence-electron chi connectivity index (χ4n) is 2.74. The molecule has 6 heteroatoms. The highest BCUT2D eigenvalue weighted by Crippen LogP contribution is 2.14. The summed E-state index contributed by atoms with van der Waals surface area (Å²) in [6, 6.07) is 16.0. The van der Waals surface area contributed by atoms with Crippen molar-refractivity contribution in [3.63, 3.8) is 0 Å². The number of imide groups is 1. The van der Waals surface area contributed by atoms with Crippen LogP contribution in [0.15, 0.2) is 54.6 Å². The lowest BCUT2D eigenvalue weighted by Crippen LogP contribution is -2.50. The number of anilines is 1. The summed E-state index contributed by atoms with van der Waals surface area (Å²) in [5.41, 5.74) is 2.06. The number of amides is 3. The zero-order valence-electron chi connectivity index (χ0n) is 13.6. The zero-order valence-corrected chi connectivity index (χ0v) is 13.6. The summed E-state index contributed by atoms with van der Waals surface area (Å²) < 4.78 is 0. The second-order valence-electron chi connectivity index (χ2n) is 5.86. The number of carbonyl (C=O) groups is 3. The third kappa shape index (κ3) is 4.30. The molecule has 3 N–H and O–H groups in total. The number of piperidine rings is 1. The summed E-state index contributed by atoms with van der Waals surface area (Å²) in [6.45, 7) is 0.366. The van der Waals surface area contributed by atoms with Crippen LogP contribution < -0.4 is 16.0 Å². The number of hydrogen-bond acceptors (Lipinski definition) is 4. The number of nitrogens with one attached hydrogen (secondary N) is 3. The molecule has 1 saturated heterocycles. The monoisotopic (exact) mass is 337 g/mol. The van der Waals surface area contributed by atoms with Gasteiger partial charge in [0.05, 0.1) is 6.04 Å². The quantitative estimate of drug-likeness (QED) is 0.727. The second-order valence-corrected chi connectivity index (χ2v) is 5.86. The molecule has 1 heterocycles. The van der Waals surface area contributed by atoms with Crippen LogP contribution in [0.25, 0.3) is 0 Å². The van der Waals surface area contributed by atoms with Gasteiger partial charge in [0.2, 0.25) is 11.8 Å². The first-order chi connectivity index (χ1) is 12.1. The molecule has 1 aliphatic rings. The van der Waals surface area contributed by atoms with E-state index in [-0.39, 0.29) is 17.7 Å². The van der Waals surface area contributed by atoms with Crippen LogP contribution >= 0.6 is 0 Å². The first-order valence-electron chi connectivity index (χ1n) is 8.15. The van der Waals surface area contributed by atoms with Gasteiger partial charge in [-0.05, 0) is 30.2 Å². The van der Waals surface area contributed by atoms with Gasteiger partial charge in [-0.25, -0.2) is 0 Å². The highest BCUT2D eigenvalue weighted by atomic mass is 16.2. The zero-order chi connectivity index (χ0) is 17.6. The van der Waals surface area contributed by atoms with Crippen molar-refractivity contribution >= 4 is 23.4 Å². The fourth-order valence-corrected chi connectivity index (χ4v) is 2.74. The molecule has 2 aromatic rings. The molecule has 6 nitrogen and oxygen atoms in total.